The molecule has 0 bridgehead atoms. The van der Waals surface area contributed by atoms with Gasteiger partial charge in [0.25, 0.3) is 10.0 Å². The number of hydrogen-bond acceptors (Lipinski definition) is 4. The molecule has 1 aliphatic rings. The van der Waals surface area contributed by atoms with Gasteiger partial charge in [0.05, 0.1) is 6.33 Å². The number of nitrogens with zero attached hydrogens (tertiary/aromatic N) is 4. The molecule has 152 valence electrons. The number of imidazole rings is 1. The fourth-order valence-electron chi connectivity index (χ4n) is 3.80. The fraction of sp³-hybridized carbons (Fsp3) is 0.333. The van der Waals surface area contributed by atoms with Crippen LogP contribution in [0.15, 0.2) is 53.9 Å². The molecule has 6 nitrogen and oxygen atoms in total. The molecule has 1 saturated heterocycles. The molecule has 0 aliphatic carbocycles. The summed E-state index contributed by atoms with van der Waals surface area (Å²) >= 11 is 0. The number of sulfonamides is 1. The van der Waals surface area contributed by atoms with Crippen molar-refractivity contribution in [2.24, 2.45) is 7.05 Å². The van der Waals surface area contributed by atoms with Gasteiger partial charge in [-0.1, -0.05) is 12.1 Å². The molecule has 1 fully saturated rings. The van der Waals surface area contributed by atoms with Gasteiger partial charge in [-0.3, -0.25) is 4.98 Å². The standard InChI is InChI=1S/C21H23FN4O2S/c1-15-8-17(9-16-4-3-5-19(22)10-16)11-20(24-15)18-6-7-26(12-18)29(27,28)21-13-25(2)14-23-21/h3-5,8,10-11,13-14,18H,6-7,9,12H2,1-2H3/t18-/m0/s1. The van der Waals surface area contributed by atoms with Gasteiger partial charge in [0.1, 0.15) is 5.82 Å². The van der Waals surface area contributed by atoms with E-state index in [1.807, 2.05) is 25.1 Å². The molecular formula is C21H23FN4O2S. The van der Waals surface area contributed by atoms with E-state index in [2.05, 4.69) is 9.97 Å². The van der Waals surface area contributed by atoms with Crippen LogP contribution in [0, 0.1) is 12.7 Å². The Kier molecular flexibility index (Phi) is 5.23. The third-order valence-corrected chi connectivity index (χ3v) is 6.94. The van der Waals surface area contributed by atoms with E-state index in [0.29, 0.717) is 25.9 Å². The van der Waals surface area contributed by atoms with Gasteiger partial charge in [-0.05, 0) is 55.2 Å². The summed E-state index contributed by atoms with van der Waals surface area (Å²) in [6.07, 6.45) is 4.32. The highest BCUT2D eigenvalue weighted by Gasteiger charge is 2.35. The largest absolute Gasteiger partial charge is 0.339 e. The molecule has 0 N–H and O–H groups in total. The van der Waals surface area contributed by atoms with E-state index >= 15 is 0 Å². The molecule has 0 unspecified atom stereocenters. The summed E-state index contributed by atoms with van der Waals surface area (Å²) in [5.41, 5.74) is 3.70. The van der Waals surface area contributed by atoms with E-state index in [1.54, 1.807) is 17.7 Å². The highest BCUT2D eigenvalue weighted by atomic mass is 32.2. The van der Waals surface area contributed by atoms with Crippen LogP contribution in [0.4, 0.5) is 4.39 Å². The van der Waals surface area contributed by atoms with Crippen molar-refractivity contribution in [3.63, 3.8) is 0 Å². The zero-order chi connectivity index (χ0) is 20.6. The minimum Gasteiger partial charge on any atom is -0.339 e. The van der Waals surface area contributed by atoms with Crippen molar-refractivity contribution >= 4 is 10.0 Å². The van der Waals surface area contributed by atoms with Crippen molar-refractivity contribution in [2.45, 2.75) is 30.7 Å². The summed E-state index contributed by atoms with van der Waals surface area (Å²) < 4.78 is 42.2. The molecule has 1 aromatic carbocycles. The molecule has 1 atom stereocenters. The van der Waals surface area contributed by atoms with Gasteiger partial charge in [-0.15, -0.1) is 0 Å². The molecular weight excluding hydrogens is 391 g/mol. The average molecular weight is 415 g/mol. The van der Waals surface area contributed by atoms with Gasteiger partial charge in [-0.2, -0.15) is 4.31 Å². The molecule has 3 aromatic rings. The van der Waals surface area contributed by atoms with Gasteiger partial charge >= 0.3 is 0 Å². The van der Waals surface area contributed by atoms with Gasteiger partial charge in [0.2, 0.25) is 0 Å². The number of aryl methyl sites for hydroxylation is 2. The van der Waals surface area contributed by atoms with Gasteiger partial charge in [0, 0.05) is 43.6 Å². The third kappa shape index (κ3) is 4.23. The van der Waals surface area contributed by atoms with Crippen LogP contribution in [0.3, 0.4) is 0 Å². The SMILES string of the molecule is Cc1cc(Cc2cccc(F)c2)cc([C@H]2CCN(S(=O)(=O)c3cn(C)cn3)C2)n1. The molecule has 0 radical (unpaired) electrons. The van der Waals surface area contributed by atoms with Crippen molar-refractivity contribution in [3.8, 4) is 0 Å². The topological polar surface area (TPSA) is 68.1 Å². The summed E-state index contributed by atoms with van der Waals surface area (Å²) in [6.45, 7) is 2.75. The number of aromatic nitrogens is 3. The second-order valence-electron chi connectivity index (χ2n) is 7.57. The van der Waals surface area contributed by atoms with Crippen LogP contribution in [0.1, 0.15) is 34.9 Å². The second-order valence-corrected chi connectivity index (χ2v) is 9.46. The monoisotopic (exact) mass is 414 g/mol. The summed E-state index contributed by atoms with van der Waals surface area (Å²) in [7, 11) is -1.85. The van der Waals surface area contributed by atoms with Gasteiger partial charge in [0.15, 0.2) is 5.03 Å². The zero-order valence-electron chi connectivity index (χ0n) is 16.4. The summed E-state index contributed by atoms with van der Waals surface area (Å²) in [4.78, 5) is 8.65. The third-order valence-electron chi connectivity index (χ3n) is 5.18. The van der Waals surface area contributed by atoms with E-state index in [-0.39, 0.29) is 16.8 Å². The number of hydrogen-bond donors (Lipinski definition) is 0. The molecule has 3 heterocycles. The Bertz CT molecular complexity index is 1140. The first kappa shape index (κ1) is 19.7. The Morgan fingerprint density at radius 2 is 2.03 bits per heavy atom. The maximum atomic E-state index is 13.5. The van der Waals surface area contributed by atoms with E-state index in [4.69, 9.17) is 0 Å². The Morgan fingerprint density at radius 1 is 1.21 bits per heavy atom. The summed E-state index contributed by atoms with van der Waals surface area (Å²) in [5.74, 6) is -0.223. The average Bonchev–Trinajstić information content (AvgIpc) is 3.31. The maximum absolute atomic E-state index is 13.5. The number of rotatable bonds is 5. The van der Waals surface area contributed by atoms with E-state index in [9.17, 15) is 12.8 Å². The predicted molar refractivity (Wildman–Crippen MR) is 108 cm³/mol. The highest BCUT2D eigenvalue weighted by molar-refractivity contribution is 7.89. The Hall–Kier alpha value is -2.58. The molecule has 29 heavy (non-hydrogen) atoms. The van der Waals surface area contributed by atoms with E-state index in [1.165, 1.54) is 29.0 Å². The maximum Gasteiger partial charge on any atom is 0.262 e. The fourth-order valence-corrected chi connectivity index (χ4v) is 5.27. The van der Waals surface area contributed by atoms with Crippen LogP contribution in [-0.2, 0) is 23.5 Å². The molecule has 8 heteroatoms. The lowest BCUT2D eigenvalue weighted by molar-refractivity contribution is 0.469. The van der Waals surface area contributed by atoms with Crippen molar-refractivity contribution in [1.29, 1.82) is 0 Å². The molecule has 4 rings (SSSR count). The van der Waals surface area contributed by atoms with E-state index < -0.39 is 10.0 Å². The minimum atomic E-state index is -3.60. The first-order valence-electron chi connectivity index (χ1n) is 9.51. The molecule has 1 aliphatic heterocycles. The zero-order valence-corrected chi connectivity index (χ0v) is 17.2. The van der Waals surface area contributed by atoms with Crippen LogP contribution in [0.2, 0.25) is 0 Å². The van der Waals surface area contributed by atoms with Crippen molar-refractivity contribution in [2.75, 3.05) is 13.1 Å². The normalized spacial score (nSPS) is 17.7. The van der Waals surface area contributed by atoms with Gasteiger partial charge in [-0.25, -0.2) is 17.8 Å². The van der Waals surface area contributed by atoms with E-state index in [0.717, 1.165) is 22.5 Å². The first-order valence-corrected chi connectivity index (χ1v) is 11.0. The lowest BCUT2D eigenvalue weighted by Gasteiger charge is -2.16. The smallest absolute Gasteiger partial charge is 0.262 e. The molecule has 0 amide bonds. The number of pyridine rings is 1. The van der Waals surface area contributed by atoms with Crippen LogP contribution in [-0.4, -0.2) is 40.3 Å². The predicted octanol–water partition coefficient (Wildman–Crippen LogP) is 3.03. The first-order chi connectivity index (χ1) is 13.8. The van der Waals surface area contributed by atoms with Gasteiger partial charge < -0.3 is 4.57 Å². The van der Waals surface area contributed by atoms with Crippen LogP contribution >= 0.6 is 0 Å². The quantitative estimate of drug-likeness (QED) is 0.644. The summed E-state index contributed by atoms with van der Waals surface area (Å²) in [6, 6.07) is 10.6. The summed E-state index contributed by atoms with van der Waals surface area (Å²) in [5, 5.41) is 0.0737. The Balaban J connectivity index is 1.54. The van der Waals surface area contributed by atoms with Crippen LogP contribution in [0.25, 0.3) is 0 Å². The Morgan fingerprint density at radius 3 is 2.76 bits per heavy atom. The highest BCUT2D eigenvalue weighted by Crippen LogP contribution is 2.30. The number of benzene rings is 1. The lowest BCUT2D eigenvalue weighted by atomic mass is 9.98. The van der Waals surface area contributed by atoms with Crippen LogP contribution in [0.5, 0.6) is 0 Å². The Labute approximate surface area is 170 Å². The van der Waals surface area contributed by atoms with Crippen LogP contribution < -0.4 is 0 Å². The van der Waals surface area contributed by atoms with Crippen molar-refractivity contribution < 1.29 is 12.8 Å². The molecule has 0 spiro atoms. The second kappa shape index (κ2) is 7.68. The molecule has 2 aromatic heterocycles. The lowest BCUT2D eigenvalue weighted by Crippen LogP contribution is -2.29. The van der Waals surface area contributed by atoms with Crippen molar-refractivity contribution in [1.82, 2.24) is 18.8 Å². The van der Waals surface area contributed by atoms with Crippen molar-refractivity contribution in [3.05, 3.63) is 77.3 Å². The number of halogens is 1. The minimum absolute atomic E-state index is 0.0275. The molecule has 0 saturated carbocycles.